The average Bonchev–Trinajstić information content (AvgIpc) is 2.74. The predicted molar refractivity (Wildman–Crippen MR) is 107 cm³/mol. The van der Waals surface area contributed by atoms with Crippen molar-refractivity contribution in [1.82, 2.24) is 4.90 Å². The minimum absolute atomic E-state index is 0.0847. The molecule has 7 heteroatoms. The number of piperidine rings is 1. The first kappa shape index (κ1) is 20.8. The summed E-state index contributed by atoms with van der Waals surface area (Å²) in [6, 6.07) is 13.1. The Balaban J connectivity index is 1.64. The molecule has 7 nitrogen and oxygen atoms in total. The lowest BCUT2D eigenvalue weighted by Crippen LogP contribution is -2.48. The first-order chi connectivity index (χ1) is 14.0. The Morgan fingerprint density at radius 3 is 2.10 bits per heavy atom. The molecule has 1 aliphatic rings. The summed E-state index contributed by atoms with van der Waals surface area (Å²) < 4.78 is 17.1. The van der Waals surface area contributed by atoms with E-state index in [1.54, 1.807) is 48.5 Å². The van der Waals surface area contributed by atoms with Gasteiger partial charge in [-0.3, -0.25) is 9.69 Å². The van der Waals surface area contributed by atoms with E-state index in [1.807, 2.05) is 6.92 Å². The highest BCUT2D eigenvalue weighted by Crippen LogP contribution is 2.24. The number of esters is 1. The lowest BCUT2D eigenvalue weighted by molar-refractivity contribution is -0.150. The Hall–Kier alpha value is -2.93. The minimum atomic E-state index is -0.364. The average molecular weight is 401 g/mol. The molecule has 156 valence electrons. The molecule has 1 unspecified atom stereocenters. The van der Waals surface area contributed by atoms with E-state index in [4.69, 9.17) is 14.2 Å². The number of aromatic hydroxyl groups is 2. The minimum Gasteiger partial charge on any atom is -0.508 e. The fraction of sp³-hybridized carbons (Fsp3) is 0.409. The maximum atomic E-state index is 12.0. The van der Waals surface area contributed by atoms with Gasteiger partial charge >= 0.3 is 5.97 Å². The van der Waals surface area contributed by atoms with E-state index in [2.05, 4.69) is 4.90 Å². The van der Waals surface area contributed by atoms with E-state index in [-0.39, 0.29) is 36.2 Å². The van der Waals surface area contributed by atoms with Crippen molar-refractivity contribution in [1.29, 1.82) is 0 Å². The van der Waals surface area contributed by atoms with Crippen molar-refractivity contribution in [2.24, 2.45) is 5.92 Å². The van der Waals surface area contributed by atoms with Crippen LogP contribution in [0.25, 0.3) is 0 Å². The summed E-state index contributed by atoms with van der Waals surface area (Å²) in [4.78, 5) is 14.1. The van der Waals surface area contributed by atoms with Crippen molar-refractivity contribution in [2.45, 2.75) is 26.0 Å². The van der Waals surface area contributed by atoms with Gasteiger partial charge in [0.25, 0.3) is 0 Å². The summed E-state index contributed by atoms with van der Waals surface area (Å²) in [5, 5.41) is 18.9. The van der Waals surface area contributed by atoms with Gasteiger partial charge in [-0.1, -0.05) is 0 Å². The van der Waals surface area contributed by atoms with Gasteiger partial charge in [-0.15, -0.1) is 0 Å². The van der Waals surface area contributed by atoms with Crippen molar-refractivity contribution in [2.75, 3.05) is 26.3 Å². The molecular formula is C22H27NO6. The van der Waals surface area contributed by atoms with E-state index in [1.165, 1.54) is 0 Å². The third-order valence-electron chi connectivity index (χ3n) is 4.89. The lowest BCUT2D eigenvalue weighted by Gasteiger charge is -2.36. The third-order valence-corrected chi connectivity index (χ3v) is 4.89. The summed E-state index contributed by atoms with van der Waals surface area (Å²) in [5.41, 5.74) is 0. The van der Waals surface area contributed by atoms with Gasteiger partial charge < -0.3 is 24.4 Å². The molecule has 1 fully saturated rings. The van der Waals surface area contributed by atoms with Crippen molar-refractivity contribution in [3.63, 3.8) is 0 Å². The van der Waals surface area contributed by atoms with Crippen LogP contribution in [0.15, 0.2) is 48.5 Å². The zero-order valence-electron chi connectivity index (χ0n) is 16.5. The molecule has 29 heavy (non-hydrogen) atoms. The van der Waals surface area contributed by atoms with Crippen molar-refractivity contribution < 1.29 is 29.2 Å². The van der Waals surface area contributed by atoms with Gasteiger partial charge in [-0.25, -0.2) is 0 Å². The SMILES string of the molecule is CCOC(=O)C1CCN(C(COc2ccc(O)cc2)Oc2ccc(O)cc2)CC1. The summed E-state index contributed by atoms with van der Waals surface area (Å²) in [6.07, 6.45) is 1.04. The fourth-order valence-electron chi connectivity index (χ4n) is 3.29. The number of benzene rings is 2. The van der Waals surface area contributed by atoms with Crippen LogP contribution < -0.4 is 9.47 Å². The van der Waals surface area contributed by atoms with E-state index in [0.29, 0.717) is 44.0 Å². The van der Waals surface area contributed by atoms with Crippen molar-refractivity contribution >= 4 is 5.97 Å². The molecule has 0 spiro atoms. The molecule has 0 saturated carbocycles. The van der Waals surface area contributed by atoms with Gasteiger partial charge in [-0.2, -0.15) is 0 Å². The highest BCUT2D eigenvalue weighted by Gasteiger charge is 2.30. The third kappa shape index (κ3) is 6.02. The van der Waals surface area contributed by atoms with Gasteiger partial charge in [0.05, 0.1) is 12.5 Å². The lowest BCUT2D eigenvalue weighted by atomic mass is 9.97. The quantitative estimate of drug-likeness (QED) is 0.657. The molecule has 0 aromatic heterocycles. The number of phenols is 2. The first-order valence-electron chi connectivity index (χ1n) is 9.83. The number of hydrogen-bond acceptors (Lipinski definition) is 7. The molecule has 2 N–H and O–H groups in total. The molecular weight excluding hydrogens is 374 g/mol. The molecule has 2 aromatic rings. The van der Waals surface area contributed by atoms with E-state index in [9.17, 15) is 15.0 Å². The van der Waals surface area contributed by atoms with Gasteiger partial charge in [-0.05, 0) is 68.3 Å². The zero-order valence-corrected chi connectivity index (χ0v) is 16.5. The molecule has 0 aliphatic carbocycles. The van der Waals surface area contributed by atoms with Crippen molar-refractivity contribution in [3.8, 4) is 23.0 Å². The molecule has 2 aromatic carbocycles. The molecule has 0 radical (unpaired) electrons. The second kappa shape index (κ2) is 10.0. The number of phenolic OH excluding ortho intramolecular Hbond substituents is 2. The smallest absolute Gasteiger partial charge is 0.309 e. The highest BCUT2D eigenvalue weighted by atomic mass is 16.5. The monoisotopic (exact) mass is 401 g/mol. The van der Waals surface area contributed by atoms with Gasteiger partial charge in [0, 0.05) is 13.1 Å². The van der Waals surface area contributed by atoms with E-state index >= 15 is 0 Å². The number of rotatable bonds is 8. The van der Waals surface area contributed by atoms with Gasteiger partial charge in [0.2, 0.25) is 0 Å². The molecule has 1 heterocycles. The van der Waals surface area contributed by atoms with Gasteiger partial charge in [0.15, 0.2) is 6.23 Å². The predicted octanol–water partition coefficient (Wildman–Crippen LogP) is 3.16. The summed E-state index contributed by atoms with van der Waals surface area (Å²) in [7, 11) is 0. The maximum Gasteiger partial charge on any atom is 0.309 e. The Bertz CT molecular complexity index is 769. The topological polar surface area (TPSA) is 88.5 Å². The second-order valence-electron chi connectivity index (χ2n) is 6.93. The largest absolute Gasteiger partial charge is 0.508 e. The number of ether oxygens (including phenoxy) is 3. The van der Waals surface area contributed by atoms with E-state index in [0.717, 1.165) is 0 Å². The highest BCUT2D eigenvalue weighted by molar-refractivity contribution is 5.72. The zero-order chi connectivity index (χ0) is 20.6. The molecule has 1 aliphatic heterocycles. The summed E-state index contributed by atoms with van der Waals surface area (Å²) in [6.45, 7) is 3.85. The van der Waals surface area contributed by atoms with Crippen LogP contribution in [0.3, 0.4) is 0 Å². The van der Waals surface area contributed by atoms with Crippen LogP contribution >= 0.6 is 0 Å². The maximum absolute atomic E-state index is 12.0. The summed E-state index contributed by atoms with van der Waals surface area (Å²) >= 11 is 0. The van der Waals surface area contributed by atoms with Crippen LogP contribution in [0.2, 0.25) is 0 Å². The van der Waals surface area contributed by atoms with Crippen LogP contribution in [0, 0.1) is 5.92 Å². The van der Waals surface area contributed by atoms with Crippen LogP contribution in [0.4, 0.5) is 0 Å². The van der Waals surface area contributed by atoms with E-state index < -0.39 is 0 Å². The van der Waals surface area contributed by atoms with Crippen LogP contribution in [-0.2, 0) is 9.53 Å². The Labute approximate surface area is 170 Å². The number of likely N-dealkylation sites (tertiary alicyclic amines) is 1. The molecule has 3 rings (SSSR count). The second-order valence-corrected chi connectivity index (χ2v) is 6.93. The number of hydrogen-bond donors (Lipinski definition) is 2. The number of carbonyl (C=O) groups is 1. The Kier molecular flexibility index (Phi) is 7.19. The first-order valence-corrected chi connectivity index (χ1v) is 9.83. The van der Waals surface area contributed by atoms with Gasteiger partial charge in [0.1, 0.15) is 29.6 Å². The molecule has 0 bridgehead atoms. The number of nitrogens with zero attached hydrogens (tertiary/aromatic N) is 1. The Morgan fingerprint density at radius 1 is 1.00 bits per heavy atom. The standard InChI is InChI=1S/C22H27NO6/c1-2-27-22(26)16-11-13-23(14-12-16)21(29-20-9-5-18(25)6-10-20)15-28-19-7-3-17(24)4-8-19/h3-10,16,21,24-25H,2,11-15H2,1H3. The summed E-state index contributed by atoms with van der Waals surface area (Å²) in [5.74, 6) is 1.37. The van der Waals surface area contributed by atoms with Crippen molar-refractivity contribution in [3.05, 3.63) is 48.5 Å². The fourth-order valence-corrected chi connectivity index (χ4v) is 3.29. The molecule has 0 amide bonds. The Morgan fingerprint density at radius 2 is 1.55 bits per heavy atom. The molecule has 1 atom stereocenters. The van der Waals surface area contributed by atoms with Crippen LogP contribution in [0.1, 0.15) is 19.8 Å². The van der Waals surface area contributed by atoms with Crippen LogP contribution in [0.5, 0.6) is 23.0 Å². The molecule has 1 saturated heterocycles. The van der Waals surface area contributed by atoms with Crippen LogP contribution in [-0.4, -0.2) is 53.6 Å². The normalized spacial score (nSPS) is 16.2. The number of carbonyl (C=O) groups excluding carboxylic acids is 1.